The minimum Gasteiger partial charge on any atom is -0.479 e. The Bertz CT molecular complexity index is 500. The fourth-order valence-corrected chi connectivity index (χ4v) is 2.27. The van der Waals surface area contributed by atoms with Crippen LogP contribution in [0, 0.1) is 0 Å². The second-order valence-electron chi connectivity index (χ2n) is 4.89. The molecule has 5 nitrogen and oxygen atoms in total. The molecule has 1 fully saturated rings. The van der Waals surface area contributed by atoms with Crippen molar-refractivity contribution < 1.29 is 19.4 Å². The van der Waals surface area contributed by atoms with E-state index in [9.17, 15) is 9.59 Å². The molecule has 1 aliphatic heterocycles. The van der Waals surface area contributed by atoms with Crippen LogP contribution in [0.4, 0.5) is 0 Å². The quantitative estimate of drug-likeness (QED) is 0.895. The highest BCUT2D eigenvalue weighted by Crippen LogP contribution is 2.11. The molecule has 2 rings (SSSR count). The molecule has 1 atom stereocenters. The zero-order valence-corrected chi connectivity index (χ0v) is 11.5. The third-order valence-electron chi connectivity index (χ3n) is 3.45. The average Bonchev–Trinajstić information content (AvgIpc) is 2.47. The summed E-state index contributed by atoms with van der Waals surface area (Å²) in [6.07, 6.45) is 0.329. The van der Waals surface area contributed by atoms with Gasteiger partial charge in [0.25, 0.3) is 0 Å². The highest BCUT2D eigenvalue weighted by atomic mass is 16.5. The normalized spacial score (nSPS) is 18.9. The largest absolute Gasteiger partial charge is 0.479 e. The van der Waals surface area contributed by atoms with Crippen LogP contribution in [-0.2, 0) is 27.2 Å². The van der Waals surface area contributed by atoms with Gasteiger partial charge >= 0.3 is 5.97 Å². The summed E-state index contributed by atoms with van der Waals surface area (Å²) in [5.41, 5.74) is 2.16. The first-order valence-corrected chi connectivity index (χ1v) is 6.80. The number of nitrogens with zero attached hydrogens (tertiary/aromatic N) is 1. The van der Waals surface area contributed by atoms with Gasteiger partial charge < -0.3 is 14.7 Å². The smallest absolute Gasteiger partial charge is 0.334 e. The van der Waals surface area contributed by atoms with E-state index in [1.165, 1.54) is 5.56 Å². The van der Waals surface area contributed by atoms with Crippen molar-refractivity contribution in [3.63, 3.8) is 0 Å². The van der Waals surface area contributed by atoms with E-state index in [0.29, 0.717) is 13.0 Å². The molecular formula is C15H19NO4. The highest BCUT2D eigenvalue weighted by molar-refractivity contribution is 5.80. The van der Waals surface area contributed by atoms with Crippen LogP contribution in [0.5, 0.6) is 0 Å². The summed E-state index contributed by atoms with van der Waals surface area (Å²) in [7, 11) is 0. The lowest BCUT2D eigenvalue weighted by Gasteiger charge is -2.31. The molecule has 1 saturated heterocycles. The van der Waals surface area contributed by atoms with Crippen molar-refractivity contribution in [1.29, 1.82) is 0 Å². The maximum Gasteiger partial charge on any atom is 0.334 e. The summed E-state index contributed by atoms with van der Waals surface area (Å²) in [5, 5.41) is 8.93. The van der Waals surface area contributed by atoms with Gasteiger partial charge in [0.2, 0.25) is 5.91 Å². The number of hydrogen-bond donors (Lipinski definition) is 1. The van der Waals surface area contributed by atoms with Gasteiger partial charge in [-0.25, -0.2) is 4.79 Å². The van der Waals surface area contributed by atoms with Crippen LogP contribution in [0.3, 0.4) is 0 Å². The lowest BCUT2D eigenvalue weighted by Crippen LogP contribution is -2.49. The number of amides is 1. The molecule has 1 unspecified atom stereocenters. The van der Waals surface area contributed by atoms with Crippen molar-refractivity contribution in [3.8, 4) is 0 Å². The van der Waals surface area contributed by atoms with Crippen molar-refractivity contribution in [3.05, 3.63) is 35.4 Å². The fourth-order valence-electron chi connectivity index (χ4n) is 2.27. The summed E-state index contributed by atoms with van der Waals surface area (Å²) >= 11 is 0. The van der Waals surface area contributed by atoms with Gasteiger partial charge in [-0.3, -0.25) is 4.79 Å². The summed E-state index contributed by atoms with van der Waals surface area (Å²) in [5.74, 6) is -1.07. The average molecular weight is 277 g/mol. The Balaban J connectivity index is 1.98. The Morgan fingerprint density at radius 2 is 2.15 bits per heavy atom. The molecule has 1 N–H and O–H groups in total. The predicted molar refractivity (Wildman–Crippen MR) is 73.5 cm³/mol. The summed E-state index contributed by atoms with van der Waals surface area (Å²) in [4.78, 5) is 24.7. The number of ether oxygens (including phenoxy) is 1. The number of carbonyl (C=O) groups is 2. The maximum atomic E-state index is 12.2. The SMILES string of the molecule is CCc1cccc(CC(=O)N2CCOC(C(=O)O)C2)c1. The third-order valence-corrected chi connectivity index (χ3v) is 3.45. The molecule has 1 aromatic rings. The Morgan fingerprint density at radius 3 is 2.85 bits per heavy atom. The van der Waals surface area contributed by atoms with Gasteiger partial charge in [0, 0.05) is 6.54 Å². The molecule has 5 heteroatoms. The van der Waals surface area contributed by atoms with Gasteiger partial charge in [0.1, 0.15) is 0 Å². The Morgan fingerprint density at radius 1 is 1.40 bits per heavy atom. The fraction of sp³-hybridized carbons (Fsp3) is 0.467. The number of aliphatic carboxylic acids is 1. The number of aryl methyl sites for hydroxylation is 1. The van der Waals surface area contributed by atoms with Crippen LogP contribution in [0.2, 0.25) is 0 Å². The second-order valence-corrected chi connectivity index (χ2v) is 4.89. The highest BCUT2D eigenvalue weighted by Gasteiger charge is 2.28. The van der Waals surface area contributed by atoms with Crippen LogP contribution in [0.15, 0.2) is 24.3 Å². The molecule has 20 heavy (non-hydrogen) atoms. The van der Waals surface area contributed by atoms with Gasteiger partial charge in [-0.15, -0.1) is 0 Å². The van der Waals surface area contributed by atoms with Gasteiger partial charge in [-0.1, -0.05) is 31.2 Å². The van der Waals surface area contributed by atoms with E-state index < -0.39 is 12.1 Å². The summed E-state index contributed by atoms with van der Waals surface area (Å²) in [6.45, 7) is 2.93. The van der Waals surface area contributed by atoms with E-state index >= 15 is 0 Å². The third kappa shape index (κ3) is 3.57. The summed E-state index contributed by atoms with van der Waals surface area (Å²) in [6, 6.07) is 7.92. The molecule has 1 heterocycles. The lowest BCUT2D eigenvalue weighted by molar-refractivity contribution is -0.159. The van der Waals surface area contributed by atoms with Crippen LogP contribution >= 0.6 is 0 Å². The number of carbonyl (C=O) groups excluding carboxylic acids is 1. The molecule has 0 aromatic heterocycles. The van der Waals surface area contributed by atoms with Crippen molar-refractivity contribution in [1.82, 2.24) is 4.90 Å². The van der Waals surface area contributed by atoms with Gasteiger partial charge in [-0.2, -0.15) is 0 Å². The van der Waals surface area contributed by atoms with E-state index in [-0.39, 0.29) is 19.1 Å². The van der Waals surface area contributed by atoms with Crippen molar-refractivity contribution in [2.24, 2.45) is 0 Å². The molecule has 0 radical (unpaired) electrons. The molecule has 0 spiro atoms. The zero-order valence-electron chi connectivity index (χ0n) is 11.5. The first kappa shape index (κ1) is 14.5. The summed E-state index contributed by atoms with van der Waals surface area (Å²) < 4.78 is 5.11. The Kier molecular flexibility index (Phi) is 4.74. The monoisotopic (exact) mass is 277 g/mol. The van der Waals surface area contributed by atoms with E-state index in [4.69, 9.17) is 9.84 Å². The van der Waals surface area contributed by atoms with Gasteiger partial charge in [-0.05, 0) is 17.5 Å². The van der Waals surface area contributed by atoms with Gasteiger partial charge in [0.15, 0.2) is 6.10 Å². The van der Waals surface area contributed by atoms with Crippen molar-refractivity contribution >= 4 is 11.9 Å². The predicted octanol–water partition coefficient (Wildman–Crippen LogP) is 1.10. The molecule has 108 valence electrons. The maximum absolute atomic E-state index is 12.2. The molecule has 1 aliphatic rings. The van der Waals surface area contributed by atoms with E-state index in [1.54, 1.807) is 4.90 Å². The van der Waals surface area contributed by atoms with Crippen LogP contribution in [0.25, 0.3) is 0 Å². The number of carboxylic acids is 1. The number of rotatable bonds is 4. The topological polar surface area (TPSA) is 66.8 Å². The number of hydrogen-bond acceptors (Lipinski definition) is 3. The zero-order chi connectivity index (χ0) is 14.5. The van der Waals surface area contributed by atoms with E-state index in [1.807, 2.05) is 24.3 Å². The first-order chi connectivity index (χ1) is 9.60. The first-order valence-electron chi connectivity index (χ1n) is 6.80. The molecular weight excluding hydrogens is 258 g/mol. The van der Waals surface area contributed by atoms with E-state index in [0.717, 1.165) is 12.0 Å². The lowest BCUT2D eigenvalue weighted by atomic mass is 10.1. The van der Waals surface area contributed by atoms with E-state index in [2.05, 4.69) is 6.92 Å². The number of carboxylic acid groups (broad SMARTS) is 1. The number of benzene rings is 1. The van der Waals surface area contributed by atoms with Crippen LogP contribution < -0.4 is 0 Å². The van der Waals surface area contributed by atoms with Crippen molar-refractivity contribution in [2.75, 3.05) is 19.7 Å². The molecule has 1 aromatic carbocycles. The Hall–Kier alpha value is -1.88. The number of morpholine rings is 1. The standard InChI is InChI=1S/C15H19NO4/c1-2-11-4-3-5-12(8-11)9-14(17)16-6-7-20-13(10-16)15(18)19/h3-5,8,13H,2,6-7,9-10H2,1H3,(H,18,19). The second kappa shape index (κ2) is 6.52. The minimum absolute atomic E-state index is 0.0483. The van der Waals surface area contributed by atoms with Crippen LogP contribution in [-0.4, -0.2) is 47.7 Å². The molecule has 0 bridgehead atoms. The minimum atomic E-state index is -1.02. The molecule has 1 amide bonds. The Labute approximate surface area is 118 Å². The van der Waals surface area contributed by atoms with Crippen LogP contribution in [0.1, 0.15) is 18.1 Å². The molecule has 0 saturated carbocycles. The van der Waals surface area contributed by atoms with Crippen molar-refractivity contribution in [2.45, 2.75) is 25.9 Å². The van der Waals surface area contributed by atoms with Gasteiger partial charge in [0.05, 0.1) is 19.6 Å². The molecule has 0 aliphatic carbocycles.